The molecule has 1 amide bonds. The minimum Gasteiger partial charge on any atom is -0.447 e. The Morgan fingerprint density at radius 2 is 2.23 bits per heavy atom. The Balaban J connectivity index is 1.54. The van der Waals surface area contributed by atoms with Crippen LogP contribution in [0.4, 0.5) is 4.79 Å². The maximum atomic E-state index is 12.0. The van der Waals surface area contributed by atoms with E-state index in [1.807, 2.05) is 0 Å². The van der Waals surface area contributed by atoms with Gasteiger partial charge in [0.1, 0.15) is 12.4 Å². The molecule has 1 atom stereocenters. The van der Waals surface area contributed by atoms with Crippen LogP contribution in [0.5, 0.6) is 0 Å². The number of nitrogens with zero attached hydrogens (tertiary/aromatic N) is 5. The Kier molecular flexibility index (Phi) is 2.89. The van der Waals surface area contributed by atoms with Gasteiger partial charge in [-0.05, 0) is 6.92 Å². The number of piperazine rings is 1. The number of fused-ring (bicyclic) bond motifs is 2. The highest BCUT2D eigenvalue weighted by Gasteiger charge is 2.37. The molecule has 22 heavy (non-hydrogen) atoms. The maximum absolute atomic E-state index is 12.0. The first-order chi connectivity index (χ1) is 10.6. The molecule has 0 radical (unpaired) electrons. The summed E-state index contributed by atoms with van der Waals surface area (Å²) in [5, 5.41) is 2.85. The molecule has 4 rings (SSSR count). The number of nitrogens with one attached hydrogen (secondary N) is 1. The van der Waals surface area contributed by atoms with Crippen LogP contribution in [0.15, 0.2) is 10.9 Å². The van der Waals surface area contributed by atoms with Crippen molar-refractivity contribution in [3.8, 4) is 0 Å². The predicted octanol–water partition coefficient (Wildman–Crippen LogP) is -0.638. The number of carbonyl (C=O) groups is 1. The standard InChI is InChI=1S/C13H16N6O3/c1-8-14-12-15-9(4-11(20)19(12)16-8)5-17-2-3-18-10(6-17)7-22-13(18)21/h4,10H,2-3,5-7H2,1H3,(H,14,15,16). The minimum atomic E-state index is -0.227. The zero-order chi connectivity index (χ0) is 15.3. The molecule has 9 nitrogen and oxygen atoms in total. The number of hydrogen-bond donors (Lipinski definition) is 1. The zero-order valence-corrected chi connectivity index (χ0v) is 12.2. The van der Waals surface area contributed by atoms with Gasteiger partial charge >= 0.3 is 6.09 Å². The van der Waals surface area contributed by atoms with Crippen LogP contribution >= 0.6 is 0 Å². The number of rotatable bonds is 2. The minimum absolute atomic E-state index is 0.0960. The lowest BCUT2D eigenvalue weighted by Gasteiger charge is -2.35. The van der Waals surface area contributed by atoms with Crippen LogP contribution in [0.2, 0.25) is 0 Å². The summed E-state index contributed by atoms with van der Waals surface area (Å²) in [6.45, 7) is 4.90. The van der Waals surface area contributed by atoms with E-state index in [1.165, 1.54) is 10.6 Å². The van der Waals surface area contributed by atoms with Gasteiger partial charge in [-0.25, -0.2) is 9.78 Å². The molecule has 2 saturated heterocycles. The third-order valence-corrected chi connectivity index (χ3v) is 4.08. The van der Waals surface area contributed by atoms with Crippen LogP contribution in [-0.4, -0.2) is 67.8 Å². The van der Waals surface area contributed by atoms with Gasteiger partial charge in [-0.2, -0.15) is 9.50 Å². The smallest absolute Gasteiger partial charge is 0.410 e. The summed E-state index contributed by atoms with van der Waals surface area (Å²) in [6, 6.07) is 1.62. The van der Waals surface area contributed by atoms with Crippen molar-refractivity contribution in [1.82, 2.24) is 29.4 Å². The number of ether oxygens (including phenoxy) is 1. The average Bonchev–Trinajstić information content (AvgIpc) is 3.02. The summed E-state index contributed by atoms with van der Waals surface area (Å²) >= 11 is 0. The number of aromatic nitrogens is 4. The van der Waals surface area contributed by atoms with Crippen molar-refractivity contribution in [2.24, 2.45) is 0 Å². The average molecular weight is 304 g/mol. The zero-order valence-electron chi connectivity index (χ0n) is 12.2. The molecule has 0 aromatic carbocycles. The third kappa shape index (κ3) is 2.13. The summed E-state index contributed by atoms with van der Waals surface area (Å²) in [6.07, 6.45) is -0.227. The first-order valence-corrected chi connectivity index (χ1v) is 7.21. The summed E-state index contributed by atoms with van der Waals surface area (Å²) in [4.78, 5) is 36.1. The topological polar surface area (TPSA) is 95.8 Å². The Labute approximate surface area is 125 Å². The molecular weight excluding hydrogens is 288 g/mol. The Bertz CT molecular complexity index is 797. The largest absolute Gasteiger partial charge is 0.447 e. The predicted molar refractivity (Wildman–Crippen MR) is 75.5 cm³/mol. The second-order valence-electron chi connectivity index (χ2n) is 5.69. The number of cyclic esters (lactones) is 1. The lowest BCUT2D eigenvalue weighted by molar-refractivity contribution is 0.114. The monoisotopic (exact) mass is 304 g/mol. The molecule has 2 aromatic rings. The van der Waals surface area contributed by atoms with Gasteiger partial charge in [-0.1, -0.05) is 0 Å². The third-order valence-electron chi connectivity index (χ3n) is 4.08. The first-order valence-electron chi connectivity index (χ1n) is 7.21. The second kappa shape index (κ2) is 4.80. The fourth-order valence-electron chi connectivity index (χ4n) is 3.04. The molecule has 4 heterocycles. The molecule has 0 bridgehead atoms. The van der Waals surface area contributed by atoms with Crippen LogP contribution in [0, 0.1) is 6.92 Å². The summed E-state index contributed by atoms with van der Waals surface area (Å²) in [5.41, 5.74) is 0.522. The highest BCUT2D eigenvalue weighted by molar-refractivity contribution is 5.70. The van der Waals surface area contributed by atoms with Gasteiger partial charge in [-0.15, -0.1) is 0 Å². The molecule has 116 valence electrons. The van der Waals surface area contributed by atoms with E-state index in [-0.39, 0.29) is 17.7 Å². The number of aryl methyl sites for hydroxylation is 1. The Hall–Kier alpha value is -2.42. The summed E-state index contributed by atoms with van der Waals surface area (Å²) in [7, 11) is 0. The van der Waals surface area contributed by atoms with Gasteiger partial charge in [0.25, 0.3) is 11.3 Å². The highest BCUT2D eigenvalue weighted by Crippen LogP contribution is 2.18. The van der Waals surface area contributed by atoms with Crippen LogP contribution < -0.4 is 5.56 Å². The molecule has 2 aliphatic rings. The fourth-order valence-corrected chi connectivity index (χ4v) is 3.04. The molecule has 1 unspecified atom stereocenters. The van der Waals surface area contributed by atoms with E-state index in [2.05, 4.69) is 20.0 Å². The number of hydrogen-bond acceptors (Lipinski definition) is 6. The quantitative estimate of drug-likeness (QED) is 0.793. The maximum Gasteiger partial charge on any atom is 0.410 e. The van der Waals surface area contributed by atoms with Crippen molar-refractivity contribution in [1.29, 1.82) is 0 Å². The SMILES string of the molecule is Cc1nc2nc(CN3CCN4C(=O)OCC4C3)cc(=O)n2[nH]1. The van der Waals surface area contributed by atoms with E-state index in [4.69, 9.17) is 4.74 Å². The number of carbonyl (C=O) groups excluding carboxylic acids is 1. The number of amides is 1. The number of aromatic amines is 1. The van der Waals surface area contributed by atoms with Crippen LogP contribution in [0.3, 0.4) is 0 Å². The van der Waals surface area contributed by atoms with Crippen molar-refractivity contribution < 1.29 is 9.53 Å². The van der Waals surface area contributed by atoms with E-state index in [1.54, 1.807) is 11.8 Å². The lowest BCUT2D eigenvalue weighted by atomic mass is 10.2. The van der Waals surface area contributed by atoms with Crippen molar-refractivity contribution in [3.05, 3.63) is 27.9 Å². The lowest BCUT2D eigenvalue weighted by Crippen LogP contribution is -2.51. The van der Waals surface area contributed by atoms with Crippen molar-refractivity contribution in [2.45, 2.75) is 19.5 Å². The molecule has 1 N–H and O–H groups in total. The molecule has 2 aromatic heterocycles. The Morgan fingerprint density at radius 3 is 3.09 bits per heavy atom. The van der Waals surface area contributed by atoms with Crippen LogP contribution in [-0.2, 0) is 11.3 Å². The van der Waals surface area contributed by atoms with Gasteiger partial charge in [0.15, 0.2) is 0 Å². The molecular formula is C13H16N6O3. The van der Waals surface area contributed by atoms with Crippen LogP contribution in [0.25, 0.3) is 5.78 Å². The Morgan fingerprint density at radius 1 is 1.36 bits per heavy atom. The van der Waals surface area contributed by atoms with Crippen molar-refractivity contribution in [2.75, 3.05) is 26.2 Å². The van der Waals surface area contributed by atoms with E-state index < -0.39 is 0 Å². The number of H-pyrrole nitrogens is 1. The molecule has 9 heteroatoms. The van der Waals surface area contributed by atoms with E-state index in [0.29, 0.717) is 37.0 Å². The van der Waals surface area contributed by atoms with Gasteiger partial charge in [-0.3, -0.25) is 19.7 Å². The van der Waals surface area contributed by atoms with Crippen LogP contribution in [0.1, 0.15) is 11.5 Å². The molecule has 0 aliphatic carbocycles. The van der Waals surface area contributed by atoms with Gasteiger partial charge in [0, 0.05) is 32.2 Å². The molecule has 0 spiro atoms. The molecule has 0 saturated carbocycles. The van der Waals surface area contributed by atoms with E-state index in [0.717, 1.165) is 13.1 Å². The molecule has 2 fully saturated rings. The van der Waals surface area contributed by atoms with E-state index >= 15 is 0 Å². The van der Waals surface area contributed by atoms with Gasteiger partial charge in [0.05, 0.1) is 11.7 Å². The normalized spacial score (nSPS) is 22.1. The summed E-state index contributed by atoms with van der Waals surface area (Å²) < 4.78 is 6.39. The fraction of sp³-hybridized carbons (Fsp3) is 0.538. The van der Waals surface area contributed by atoms with E-state index in [9.17, 15) is 9.59 Å². The molecule has 2 aliphatic heterocycles. The van der Waals surface area contributed by atoms with Gasteiger partial charge in [0.2, 0.25) is 0 Å². The highest BCUT2D eigenvalue weighted by atomic mass is 16.6. The second-order valence-corrected chi connectivity index (χ2v) is 5.69. The first kappa shape index (κ1) is 13.3. The van der Waals surface area contributed by atoms with Crippen molar-refractivity contribution >= 4 is 11.9 Å². The van der Waals surface area contributed by atoms with Crippen molar-refractivity contribution in [3.63, 3.8) is 0 Å². The van der Waals surface area contributed by atoms with Gasteiger partial charge < -0.3 is 4.74 Å². The summed E-state index contributed by atoms with van der Waals surface area (Å²) in [5.74, 6) is 1.04.